The third-order valence-corrected chi connectivity index (χ3v) is 4.04. The van der Waals surface area contributed by atoms with Crippen LogP contribution in [0.15, 0.2) is 24.3 Å². The molecular formula is C14H20N2OS. The normalized spacial score (nSPS) is 15.4. The summed E-state index contributed by atoms with van der Waals surface area (Å²) in [6, 6.07) is 8.18. The molecule has 0 aromatic heterocycles. The smallest absolute Gasteiger partial charge is 0.240 e. The fourth-order valence-corrected chi connectivity index (χ4v) is 2.79. The van der Waals surface area contributed by atoms with Crippen LogP contribution in [0.4, 0.5) is 5.69 Å². The lowest BCUT2D eigenvalue weighted by Crippen LogP contribution is -2.36. The molecule has 0 saturated heterocycles. The number of hydrogen-bond donors (Lipinski definition) is 1. The van der Waals surface area contributed by atoms with E-state index in [1.54, 1.807) is 0 Å². The first-order chi connectivity index (χ1) is 8.83. The van der Waals surface area contributed by atoms with Crippen molar-refractivity contribution in [1.82, 2.24) is 5.32 Å². The zero-order chi connectivity index (χ0) is 12.8. The van der Waals surface area contributed by atoms with Crippen LogP contribution in [0.2, 0.25) is 0 Å². The highest BCUT2D eigenvalue weighted by Gasteiger charge is 2.20. The molecule has 2 rings (SSSR count). The zero-order valence-electron chi connectivity index (χ0n) is 10.8. The number of thioether (sulfide) groups is 1. The number of nitrogens with one attached hydrogen (secondary N) is 1. The molecule has 1 aromatic carbocycles. The highest BCUT2D eigenvalue weighted by molar-refractivity contribution is 7.99. The maximum Gasteiger partial charge on any atom is 0.240 e. The molecule has 0 aliphatic carbocycles. The molecule has 0 unspecified atom stereocenters. The molecule has 3 nitrogen and oxygen atoms in total. The van der Waals surface area contributed by atoms with Crippen LogP contribution >= 0.6 is 11.8 Å². The van der Waals surface area contributed by atoms with Gasteiger partial charge in [-0.2, -0.15) is 11.8 Å². The predicted molar refractivity (Wildman–Crippen MR) is 78.1 cm³/mol. The lowest BCUT2D eigenvalue weighted by Gasteiger charge is -2.22. The number of anilines is 1. The number of hydrogen-bond acceptors (Lipinski definition) is 3. The first-order valence-corrected chi connectivity index (χ1v) is 7.65. The first kappa shape index (κ1) is 13.4. The highest BCUT2D eigenvalue weighted by Crippen LogP contribution is 2.22. The van der Waals surface area contributed by atoms with Gasteiger partial charge in [-0.3, -0.25) is 4.79 Å². The van der Waals surface area contributed by atoms with Gasteiger partial charge in [0.1, 0.15) is 0 Å². The molecule has 1 aliphatic heterocycles. The fourth-order valence-electron chi connectivity index (χ4n) is 2.17. The molecule has 0 bridgehead atoms. The van der Waals surface area contributed by atoms with E-state index in [9.17, 15) is 4.79 Å². The molecule has 1 heterocycles. The Morgan fingerprint density at radius 2 is 2.17 bits per heavy atom. The van der Waals surface area contributed by atoms with Gasteiger partial charge in [-0.25, -0.2) is 0 Å². The summed E-state index contributed by atoms with van der Waals surface area (Å²) in [5.41, 5.74) is 2.29. The minimum atomic E-state index is 0.182. The molecule has 0 saturated carbocycles. The standard InChI is InChI=1S/C14H20N2OS/c1-2-18-9-5-8-16-13-7-4-3-6-12(13)10-15-11-14(16)17/h3-4,6-7,15H,2,5,8-11H2,1H3. The maximum absolute atomic E-state index is 12.1. The van der Waals surface area contributed by atoms with Crippen LogP contribution in [0.3, 0.4) is 0 Å². The zero-order valence-corrected chi connectivity index (χ0v) is 11.6. The van der Waals surface area contributed by atoms with Gasteiger partial charge in [-0.1, -0.05) is 25.1 Å². The minimum Gasteiger partial charge on any atom is -0.311 e. The Kier molecular flexibility index (Phi) is 5.08. The summed E-state index contributed by atoms with van der Waals surface area (Å²) in [6.07, 6.45) is 1.05. The Balaban J connectivity index is 2.08. The van der Waals surface area contributed by atoms with Gasteiger partial charge in [0.05, 0.1) is 6.54 Å². The van der Waals surface area contributed by atoms with Crippen molar-refractivity contribution in [3.05, 3.63) is 29.8 Å². The molecule has 1 amide bonds. The Morgan fingerprint density at radius 1 is 1.33 bits per heavy atom. The van der Waals surface area contributed by atoms with Gasteiger partial charge >= 0.3 is 0 Å². The van der Waals surface area contributed by atoms with Gasteiger partial charge in [0.2, 0.25) is 5.91 Å². The molecule has 4 heteroatoms. The SMILES string of the molecule is CCSCCCN1C(=O)CNCc2ccccc21. The number of para-hydroxylation sites is 1. The van der Waals surface area contributed by atoms with E-state index in [1.807, 2.05) is 34.9 Å². The van der Waals surface area contributed by atoms with Crippen molar-refractivity contribution in [2.24, 2.45) is 0 Å². The molecule has 0 radical (unpaired) electrons. The van der Waals surface area contributed by atoms with E-state index < -0.39 is 0 Å². The Labute approximate surface area is 113 Å². The van der Waals surface area contributed by atoms with E-state index in [1.165, 1.54) is 5.56 Å². The summed E-state index contributed by atoms with van der Waals surface area (Å²) in [7, 11) is 0. The first-order valence-electron chi connectivity index (χ1n) is 6.49. The second-order valence-corrected chi connectivity index (χ2v) is 5.72. The number of benzene rings is 1. The van der Waals surface area contributed by atoms with Crippen LogP contribution in [-0.4, -0.2) is 30.5 Å². The van der Waals surface area contributed by atoms with Crippen molar-refractivity contribution in [1.29, 1.82) is 0 Å². The Bertz CT molecular complexity index is 409. The van der Waals surface area contributed by atoms with E-state index in [-0.39, 0.29) is 5.91 Å². The van der Waals surface area contributed by atoms with Crippen molar-refractivity contribution in [3.63, 3.8) is 0 Å². The van der Waals surface area contributed by atoms with Gasteiger partial charge in [-0.15, -0.1) is 0 Å². The van der Waals surface area contributed by atoms with E-state index >= 15 is 0 Å². The van der Waals surface area contributed by atoms with Crippen LogP contribution < -0.4 is 10.2 Å². The van der Waals surface area contributed by atoms with Crippen LogP contribution in [0.1, 0.15) is 18.9 Å². The van der Waals surface area contributed by atoms with Gasteiger partial charge in [-0.05, 0) is 29.6 Å². The summed E-state index contributed by atoms with van der Waals surface area (Å²) in [5, 5.41) is 3.19. The summed E-state index contributed by atoms with van der Waals surface area (Å²) in [6.45, 7) is 4.21. The molecular weight excluding hydrogens is 244 g/mol. The maximum atomic E-state index is 12.1. The third kappa shape index (κ3) is 3.27. The number of carbonyl (C=O) groups is 1. The second-order valence-electron chi connectivity index (χ2n) is 4.33. The minimum absolute atomic E-state index is 0.182. The quantitative estimate of drug-likeness (QED) is 0.828. The van der Waals surface area contributed by atoms with E-state index in [0.29, 0.717) is 6.54 Å². The van der Waals surface area contributed by atoms with Crippen LogP contribution in [0.5, 0.6) is 0 Å². The van der Waals surface area contributed by atoms with Crippen molar-refractivity contribution >= 4 is 23.4 Å². The molecule has 1 N–H and O–H groups in total. The summed E-state index contributed by atoms with van der Waals surface area (Å²) >= 11 is 1.93. The second kappa shape index (κ2) is 6.81. The molecule has 1 aromatic rings. The van der Waals surface area contributed by atoms with Crippen molar-refractivity contribution in [2.75, 3.05) is 29.5 Å². The number of amides is 1. The predicted octanol–water partition coefficient (Wildman–Crippen LogP) is 2.27. The highest BCUT2D eigenvalue weighted by atomic mass is 32.2. The lowest BCUT2D eigenvalue weighted by atomic mass is 10.1. The molecule has 0 atom stereocenters. The largest absolute Gasteiger partial charge is 0.311 e. The van der Waals surface area contributed by atoms with E-state index in [4.69, 9.17) is 0 Å². The summed E-state index contributed by atoms with van der Waals surface area (Å²) < 4.78 is 0. The number of fused-ring (bicyclic) bond motifs is 1. The van der Waals surface area contributed by atoms with Gasteiger partial charge in [0.15, 0.2) is 0 Å². The topological polar surface area (TPSA) is 32.3 Å². The average Bonchev–Trinajstić information content (AvgIpc) is 2.54. The number of carbonyl (C=O) groups excluding carboxylic acids is 1. The third-order valence-electron chi connectivity index (χ3n) is 3.05. The van der Waals surface area contributed by atoms with Gasteiger partial charge in [0.25, 0.3) is 0 Å². The average molecular weight is 264 g/mol. The van der Waals surface area contributed by atoms with Crippen LogP contribution in [0.25, 0.3) is 0 Å². The lowest BCUT2D eigenvalue weighted by molar-refractivity contribution is -0.117. The van der Waals surface area contributed by atoms with Crippen molar-refractivity contribution < 1.29 is 4.79 Å². The summed E-state index contributed by atoms with van der Waals surface area (Å²) in [4.78, 5) is 14.0. The van der Waals surface area contributed by atoms with E-state index in [2.05, 4.69) is 18.3 Å². The molecule has 98 valence electrons. The Morgan fingerprint density at radius 3 is 3.00 bits per heavy atom. The van der Waals surface area contributed by atoms with Gasteiger partial charge < -0.3 is 10.2 Å². The van der Waals surface area contributed by atoms with Crippen molar-refractivity contribution in [3.8, 4) is 0 Å². The van der Waals surface area contributed by atoms with Crippen LogP contribution in [0, 0.1) is 0 Å². The molecule has 0 fully saturated rings. The fraction of sp³-hybridized carbons (Fsp3) is 0.500. The Hall–Kier alpha value is -1.00. The monoisotopic (exact) mass is 264 g/mol. The number of nitrogens with zero attached hydrogens (tertiary/aromatic N) is 1. The molecule has 1 aliphatic rings. The van der Waals surface area contributed by atoms with Gasteiger partial charge in [0, 0.05) is 18.8 Å². The number of rotatable bonds is 5. The van der Waals surface area contributed by atoms with E-state index in [0.717, 1.165) is 36.7 Å². The van der Waals surface area contributed by atoms with Crippen LogP contribution in [-0.2, 0) is 11.3 Å². The summed E-state index contributed by atoms with van der Waals surface area (Å²) in [5.74, 6) is 2.45. The van der Waals surface area contributed by atoms with Crippen molar-refractivity contribution in [2.45, 2.75) is 19.9 Å². The molecule has 0 spiro atoms. The molecule has 18 heavy (non-hydrogen) atoms.